The van der Waals surface area contributed by atoms with Crippen LogP contribution in [-0.4, -0.2) is 20.6 Å². The molecule has 0 spiro atoms. The standard InChI is InChI=1S/C27H23BrN2O3/c1-15-8-9-17(12-16(15)2)14-30-24-20(22(28)25(30)27(32)33)11-10-19-13-21(26(31)29-23(19)24)18-6-4-3-5-7-18/h3-9,12-13H,10-11,14H2,1-2H3,(H,29,31)(H,32,33). The smallest absolute Gasteiger partial charge is 0.353 e. The van der Waals surface area contributed by atoms with Gasteiger partial charge in [-0.1, -0.05) is 48.5 Å². The molecular formula is C27H23BrN2O3. The maximum Gasteiger partial charge on any atom is 0.353 e. The van der Waals surface area contributed by atoms with Crippen LogP contribution in [-0.2, 0) is 19.4 Å². The fourth-order valence-corrected chi connectivity index (χ4v) is 5.45. The molecule has 0 amide bonds. The summed E-state index contributed by atoms with van der Waals surface area (Å²) in [7, 11) is 0. The zero-order chi connectivity index (χ0) is 23.3. The molecule has 0 unspecified atom stereocenters. The summed E-state index contributed by atoms with van der Waals surface area (Å²) in [4.78, 5) is 28.4. The molecule has 0 atom stereocenters. The number of aromatic nitrogens is 2. The van der Waals surface area contributed by atoms with Crippen molar-refractivity contribution in [3.63, 3.8) is 0 Å². The number of rotatable bonds is 4. The number of nitrogens with one attached hydrogen (secondary N) is 1. The van der Waals surface area contributed by atoms with Crippen LogP contribution in [0.4, 0.5) is 0 Å². The van der Waals surface area contributed by atoms with Crippen molar-refractivity contribution in [2.45, 2.75) is 33.2 Å². The van der Waals surface area contributed by atoms with Crippen LogP contribution in [0.3, 0.4) is 0 Å². The summed E-state index contributed by atoms with van der Waals surface area (Å²) < 4.78 is 2.41. The van der Waals surface area contributed by atoms with E-state index in [9.17, 15) is 14.7 Å². The molecule has 0 saturated carbocycles. The molecule has 2 heterocycles. The second-order valence-corrected chi connectivity index (χ2v) is 9.37. The Morgan fingerprint density at radius 1 is 1.06 bits per heavy atom. The van der Waals surface area contributed by atoms with E-state index >= 15 is 0 Å². The highest BCUT2D eigenvalue weighted by Crippen LogP contribution is 2.41. The summed E-state index contributed by atoms with van der Waals surface area (Å²) in [5.74, 6) is -0.995. The second kappa shape index (κ2) is 8.19. The van der Waals surface area contributed by atoms with E-state index in [1.807, 2.05) is 47.0 Å². The van der Waals surface area contributed by atoms with Gasteiger partial charge in [0.2, 0.25) is 0 Å². The lowest BCUT2D eigenvalue weighted by Gasteiger charge is -2.21. The summed E-state index contributed by atoms with van der Waals surface area (Å²) >= 11 is 3.56. The zero-order valence-electron chi connectivity index (χ0n) is 18.4. The van der Waals surface area contributed by atoms with E-state index in [4.69, 9.17) is 0 Å². The number of fused-ring (bicyclic) bond motifs is 3. The Kier molecular flexibility index (Phi) is 5.33. The molecule has 2 aromatic heterocycles. The number of carboxylic acids is 1. The number of benzene rings is 2. The van der Waals surface area contributed by atoms with Gasteiger partial charge in [0.05, 0.1) is 15.9 Å². The van der Waals surface area contributed by atoms with E-state index in [0.29, 0.717) is 28.7 Å². The van der Waals surface area contributed by atoms with Crippen LogP contribution in [0, 0.1) is 13.8 Å². The van der Waals surface area contributed by atoms with Gasteiger partial charge in [0.1, 0.15) is 5.69 Å². The van der Waals surface area contributed by atoms with E-state index in [1.165, 1.54) is 5.56 Å². The number of aromatic amines is 1. The van der Waals surface area contributed by atoms with Crippen LogP contribution in [0.15, 0.2) is 63.9 Å². The number of hydrogen-bond donors (Lipinski definition) is 2. The lowest BCUT2D eigenvalue weighted by molar-refractivity contribution is 0.0684. The molecule has 2 aromatic carbocycles. The van der Waals surface area contributed by atoms with Crippen molar-refractivity contribution in [2.75, 3.05) is 0 Å². The van der Waals surface area contributed by atoms with Gasteiger partial charge in [-0.3, -0.25) is 4.79 Å². The van der Waals surface area contributed by atoms with Crippen LogP contribution < -0.4 is 5.56 Å². The highest BCUT2D eigenvalue weighted by atomic mass is 79.9. The number of nitrogens with zero attached hydrogens (tertiary/aromatic N) is 1. The number of carboxylic acid groups (broad SMARTS) is 1. The lowest BCUT2D eigenvalue weighted by Crippen LogP contribution is -2.18. The minimum absolute atomic E-state index is 0.181. The van der Waals surface area contributed by atoms with Gasteiger partial charge in [-0.2, -0.15) is 0 Å². The third-order valence-corrected chi connectivity index (χ3v) is 7.36. The quantitative estimate of drug-likeness (QED) is 0.373. The maximum atomic E-state index is 13.1. The van der Waals surface area contributed by atoms with Gasteiger partial charge in [-0.15, -0.1) is 0 Å². The Morgan fingerprint density at radius 3 is 2.52 bits per heavy atom. The Balaban J connectivity index is 1.71. The molecule has 5 rings (SSSR count). The number of pyridine rings is 1. The molecule has 5 nitrogen and oxygen atoms in total. The van der Waals surface area contributed by atoms with E-state index in [2.05, 4.69) is 46.9 Å². The largest absolute Gasteiger partial charge is 0.477 e. The van der Waals surface area contributed by atoms with Gasteiger partial charge >= 0.3 is 5.97 Å². The molecule has 2 N–H and O–H groups in total. The third kappa shape index (κ3) is 3.64. The molecule has 0 saturated heterocycles. The van der Waals surface area contributed by atoms with E-state index < -0.39 is 5.97 Å². The SMILES string of the molecule is Cc1ccc(Cn2c(C(=O)O)c(Br)c3c2-c2[nH]c(=O)c(-c4ccccc4)cc2CC3)cc1C. The topological polar surface area (TPSA) is 75.1 Å². The van der Waals surface area contributed by atoms with E-state index in [1.54, 1.807) is 0 Å². The molecule has 0 fully saturated rings. The van der Waals surface area contributed by atoms with Crippen LogP contribution in [0.1, 0.15) is 38.3 Å². The molecule has 0 radical (unpaired) electrons. The first-order valence-electron chi connectivity index (χ1n) is 10.9. The molecule has 6 heteroatoms. The van der Waals surface area contributed by atoms with Gasteiger partial charge in [0.15, 0.2) is 0 Å². The van der Waals surface area contributed by atoms with Gasteiger partial charge < -0.3 is 14.7 Å². The summed E-state index contributed by atoms with van der Waals surface area (Å²) in [5.41, 5.74) is 8.30. The Hall–Kier alpha value is -3.38. The van der Waals surface area contributed by atoms with Crippen molar-refractivity contribution in [1.29, 1.82) is 0 Å². The van der Waals surface area contributed by atoms with Gasteiger partial charge in [-0.25, -0.2) is 4.79 Å². The van der Waals surface area contributed by atoms with Crippen LogP contribution in [0.5, 0.6) is 0 Å². The number of aromatic carboxylic acids is 1. The average molecular weight is 503 g/mol. The fraction of sp³-hybridized carbons (Fsp3) is 0.185. The van der Waals surface area contributed by atoms with Crippen molar-refractivity contribution >= 4 is 21.9 Å². The first-order valence-corrected chi connectivity index (χ1v) is 11.7. The first kappa shape index (κ1) is 21.5. The van der Waals surface area contributed by atoms with Crippen molar-refractivity contribution in [3.05, 3.63) is 103 Å². The van der Waals surface area contributed by atoms with Crippen molar-refractivity contribution in [2.24, 2.45) is 0 Å². The highest BCUT2D eigenvalue weighted by molar-refractivity contribution is 9.10. The normalized spacial score (nSPS) is 12.3. The molecular weight excluding hydrogens is 480 g/mol. The summed E-state index contributed by atoms with van der Waals surface area (Å²) in [6.45, 7) is 4.51. The second-order valence-electron chi connectivity index (χ2n) is 8.58. The van der Waals surface area contributed by atoms with Crippen LogP contribution in [0.25, 0.3) is 22.5 Å². The molecule has 0 bridgehead atoms. The molecule has 4 aromatic rings. The van der Waals surface area contributed by atoms with Gasteiger partial charge in [0, 0.05) is 12.1 Å². The molecule has 166 valence electrons. The summed E-state index contributed by atoms with van der Waals surface area (Å²) in [6.07, 6.45) is 1.42. The first-order chi connectivity index (χ1) is 15.8. The average Bonchev–Trinajstić information content (AvgIpc) is 3.08. The summed E-state index contributed by atoms with van der Waals surface area (Å²) in [5, 5.41) is 10.0. The number of hydrogen-bond acceptors (Lipinski definition) is 2. The van der Waals surface area contributed by atoms with Gasteiger partial charge in [-0.05, 0) is 82.1 Å². The lowest BCUT2D eigenvalue weighted by atomic mass is 9.92. The highest BCUT2D eigenvalue weighted by Gasteiger charge is 2.31. The number of carbonyl (C=O) groups is 1. The maximum absolute atomic E-state index is 13.1. The molecule has 33 heavy (non-hydrogen) atoms. The zero-order valence-corrected chi connectivity index (χ0v) is 20.0. The van der Waals surface area contributed by atoms with Crippen LogP contribution in [0.2, 0.25) is 0 Å². The Bertz CT molecular complexity index is 1470. The van der Waals surface area contributed by atoms with Crippen molar-refractivity contribution in [1.82, 2.24) is 9.55 Å². The predicted octanol–water partition coefficient (Wildman–Crippen LogP) is 5.73. The van der Waals surface area contributed by atoms with E-state index in [0.717, 1.165) is 39.9 Å². The number of halogens is 1. The Labute approximate surface area is 199 Å². The number of aryl methyl sites for hydroxylation is 3. The monoisotopic (exact) mass is 502 g/mol. The third-order valence-electron chi connectivity index (χ3n) is 6.50. The number of H-pyrrole nitrogens is 1. The fourth-order valence-electron chi connectivity index (χ4n) is 4.68. The van der Waals surface area contributed by atoms with Crippen molar-refractivity contribution < 1.29 is 9.90 Å². The van der Waals surface area contributed by atoms with Crippen molar-refractivity contribution in [3.8, 4) is 22.5 Å². The Morgan fingerprint density at radius 2 is 1.82 bits per heavy atom. The molecule has 1 aliphatic carbocycles. The van der Waals surface area contributed by atoms with Crippen LogP contribution >= 0.6 is 15.9 Å². The minimum atomic E-state index is -0.995. The predicted molar refractivity (Wildman–Crippen MR) is 133 cm³/mol. The molecule has 0 aliphatic heterocycles. The van der Waals surface area contributed by atoms with E-state index in [-0.39, 0.29) is 11.3 Å². The minimum Gasteiger partial charge on any atom is -0.477 e. The summed E-state index contributed by atoms with van der Waals surface area (Å²) in [6, 6.07) is 17.7. The van der Waals surface area contributed by atoms with Gasteiger partial charge in [0.25, 0.3) is 5.56 Å². The molecule has 1 aliphatic rings.